The molecule has 1 aliphatic rings. The van der Waals surface area contributed by atoms with Gasteiger partial charge in [-0.3, -0.25) is 10.1 Å². The highest BCUT2D eigenvalue weighted by Gasteiger charge is 2.33. The van der Waals surface area contributed by atoms with Crippen molar-refractivity contribution in [3.63, 3.8) is 0 Å². The lowest BCUT2D eigenvalue weighted by Gasteiger charge is -2.38. The average molecular weight is 239 g/mol. The fraction of sp³-hybridized carbons (Fsp3) is 0.700. The van der Waals surface area contributed by atoms with Crippen LogP contribution in [0.2, 0.25) is 0 Å². The van der Waals surface area contributed by atoms with Crippen LogP contribution in [-0.4, -0.2) is 26.8 Å². The van der Waals surface area contributed by atoms with E-state index in [4.69, 9.17) is 5.73 Å². The predicted molar refractivity (Wildman–Crippen MR) is 63.9 cm³/mol. The number of nitrogens with two attached hydrogens (primary N) is 1. The highest BCUT2D eigenvalue weighted by atomic mass is 16.6. The maximum absolute atomic E-state index is 10.9. The standard InChI is InChI=1S/C10H17N5O2/c1-7-8(15(16)17)9(14(2)13-7)12-6-10(11)4-3-5-10/h12H,3-6,11H2,1-2H3. The summed E-state index contributed by atoms with van der Waals surface area (Å²) < 4.78 is 1.50. The first-order chi connectivity index (χ1) is 7.93. The Labute approximate surface area is 99.1 Å². The SMILES string of the molecule is Cc1nn(C)c(NCC2(N)CCC2)c1[N+](=O)[O-]. The van der Waals surface area contributed by atoms with E-state index in [1.54, 1.807) is 14.0 Å². The molecule has 0 amide bonds. The number of aryl methyl sites for hydroxylation is 2. The van der Waals surface area contributed by atoms with E-state index in [2.05, 4.69) is 10.4 Å². The molecule has 0 atom stereocenters. The summed E-state index contributed by atoms with van der Waals surface area (Å²) >= 11 is 0. The third kappa shape index (κ3) is 2.10. The summed E-state index contributed by atoms with van der Waals surface area (Å²) in [5, 5.41) is 18.1. The van der Waals surface area contributed by atoms with Crippen molar-refractivity contribution in [2.75, 3.05) is 11.9 Å². The second-order valence-electron chi connectivity index (χ2n) is 4.73. The summed E-state index contributed by atoms with van der Waals surface area (Å²) in [4.78, 5) is 10.5. The van der Waals surface area contributed by atoms with Crippen molar-refractivity contribution in [2.45, 2.75) is 31.7 Å². The molecule has 17 heavy (non-hydrogen) atoms. The maximum Gasteiger partial charge on any atom is 0.333 e. The minimum Gasteiger partial charge on any atom is -0.363 e. The van der Waals surface area contributed by atoms with Crippen LogP contribution in [0.3, 0.4) is 0 Å². The van der Waals surface area contributed by atoms with E-state index in [9.17, 15) is 10.1 Å². The number of anilines is 1. The van der Waals surface area contributed by atoms with Crippen LogP contribution in [0.25, 0.3) is 0 Å². The summed E-state index contributed by atoms with van der Waals surface area (Å²) in [5.74, 6) is 0.434. The lowest BCUT2D eigenvalue weighted by atomic mass is 9.78. The van der Waals surface area contributed by atoms with Gasteiger partial charge < -0.3 is 11.1 Å². The lowest BCUT2D eigenvalue weighted by Crippen LogP contribution is -2.52. The first-order valence-electron chi connectivity index (χ1n) is 5.64. The zero-order chi connectivity index (χ0) is 12.6. The van der Waals surface area contributed by atoms with Gasteiger partial charge in [-0.15, -0.1) is 0 Å². The van der Waals surface area contributed by atoms with Crippen LogP contribution in [0, 0.1) is 17.0 Å². The summed E-state index contributed by atoms with van der Waals surface area (Å²) in [6.07, 6.45) is 3.06. The van der Waals surface area contributed by atoms with Crippen LogP contribution in [0.5, 0.6) is 0 Å². The Morgan fingerprint density at radius 3 is 2.76 bits per heavy atom. The molecule has 1 aliphatic carbocycles. The molecule has 3 N–H and O–H groups in total. The smallest absolute Gasteiger partial charge is 0.333 e. The van der Waals surface area contributed by atoms with Crippen molar-refractivity contribution in [3.05, 3.63) is 15.8 Å². The van der Waals surface area contributed by atoms with Crippen LogP contribution < -0.4 is 11.1 Å². The average Bonchev–Trinajstić information content (AvgIpc) is 2.47. The Morgan fingerprint density at radius 2 is 2.29 bits per heavy atom. The number of nitrogens with zero attached hydrogens (tertiary/aromatic N) is 3. The summed E-state index contributed by atoms with van der Waals surface area (Å²) in [5.41, 5.74) is 6.31. The van der Waals surface area contributed by atoms with Gasteiger partial charge in [-0.05, 0) is 26.2 Å². The molecule has 7 nitrogen and oxygen atoms in total. The van der Waals surface area contributed by atoms with E-state index in [-0.39, 0.29) is 11.2 Å². The first-order valence-corrected chi connectivity index (χ1v) is 5.64. The van der Waals surface area contributed by atoms with Gasteiger partial charge in [-0.2, -0.15) is 5.10 Å². The molecule has 0 aliphatic heterocycles. The number of nitro groups is 1. The van der Waals surface area contributed by atoms with Crippen molar-refractivity contribution in [3.8, 4) is 0 Å². The summed E-state index contributed by atoms with van der Waals surface area (Å²) in [6, 6.07) is 0. The Balaban J connectivity index is 2.17. The maximum atomic E-state index is 10.9. The van der Waals surface area contributed by atoms with Crippen molar-refractivity contribution < 1.29 is 4.92 Å². The summed E-state index contributed by atoms with van der Waals surface area (Å²) in [6.45, 7) is 2.18. The van der Waals surface area contributed by atoms with E-state index >= 15 is 0 Å². The van der Waals surface area contributed by atoms with E-state index in [1.165, 1.54) is 4.68 Å². The zero-order valence-corrected chi connectivity index (χ0v) is 10.1. The Hall–Kier alpha value is -1.63. The Kier molecular flexibility index (Phi) is 2.78. The van der Waals surface area contributed by atoms with Gasteiger partial charge in [-0.25, -0.2) is 4.68 Å². The molecule has 1 aromatic heterocycles. The van der Waals surface area contributed by atoms with Gasteiger partial charge >= 0.3 is 5.69 Å². The fourth-order valence-electron chi connectivity index (χ4n) is 2.13. The molecule has 0 saturated heterocycles. The predicted octanol–water partition coefficient (Wildman–Crippen LogP) is 0.930. The number of hydrogen-bond acceptors (Lipinski definition) is 5. The summed E-state index contributed by atoms with van der Waals surface area (Å²) in [7, 11) is 1.69. The largest absolute Gasteiger partial charge is 0.363 e. The van der Waals surface area contributed by atoms with Gasteiger partial charge in [0.1, 0.15) is 5.69 Å². The topological polar surface area (TPSA) is 99.0 Å². The van der Waals surface area contributed by atoms with Gasteiger partial charge in [-0.1, -0.05) is 0 Å². The molecule has 0 spiro atoms. The van der Waals surface area contributed by atoms with Crippen molar-refractivity contribution in [1.82, 2.24) is 9.78 Å². The molecular weight excluding hydrogens is 222 g/mol. The molecule has 7 heteroatoms. The molecular formula is C10H17N5O2. The molecule has 0 unspecified atom stereocenters. The second kappa shape index (κ2) is 3.99. The molecule has 1 heterocycles. The van der Waals surface area contributed by atoms with Crippen LogP contribution >= 0.6 is 0 Å². The Bertz CT molecular complexity index is 450. The van der Waals surface area contributed by atoms with Crippen LogP contribution in [0.15, 0.2) is 0 Å². The normalized spacial score (nSPS) is 17.6. The van der Waals surface area contributed by atoms with E-state index in [1.807, 2.05) is 0 Å². The highest BCUT2D eigenvalue weighted by molar-refractivity contribution is 5.59. The Morgan fingerprint density at radius 1 is 1.65 bits per heavy atom. The van der Waals surface area contributed by atoms with Gasteiger partial charge in [0.05, 0.1) is 4.92 Å². The number of rotatable bonds is 4. The molecule has 2 rings (SSSR count). The fourth-order valence-corrected chi connectivity index (χ4v) is 2.13. The third-order valence-corrected chi connectivity index (χ3v) is 3.33. The zero-order valence-electron chi connectivity index (χ0n) is 10.1. The second-order valence-corrected chi connectivity index (χ2v) is 4.73. The van der Waals surface area contributed by atoms with Gasteiger partial charge in [0, 0.05) is 19.1 Å². The van der Waals surface area contributed by atoms with Crippen molar-refractivity contribution >= 4 is 11.5 Å². The number of nitrogens with one attached hydrogen (secondary N) is 1. The first kappa shape index (κ1) is 11.8. The molecule has 94 valence electrons. The molecule has 1 saturated carbocycles. The molecule has 0 aromatic carbocycles. The lowest BCUT2D eigenvalue weighted by molar-refractivity contribution is -0.384. The van der Waals surface area contributed by atoms with Crippen LogP contribution in [0.4, 0.5) is 11.5 Å². The minimum atomic E-state index is -0.408. The molecule has 0 radical (unpaired) electrons. The minimum absolute atomic E-state index is 0.0374. The quantitative estimate of drug-likeness (QED) is 0.601. The van der Waals surface area contributed by atoms with E-state index in [0.717, 1.165) is 19.3 Å². The van der Waals surface area contributed by atoms with Crippen LogP contribution in [-0.2, 0) is 7.05 Å². The molecule has 1 aromatic rings. The van der Waals surface area contributed by atoms with Crippen molar-refractivity contribution in [1.29, 1.82) is 0 Å². The van der Waals surface area contributed by atoms with E-state index < -0.39 is 4.92 Å². The number of aromatic nitrogens is 2. The van der Waals surface area contributed by atoms with Crippen LogP contribution in [0.1, 0.15) is 25.0 Å². The van der Waals surface area contributed by atoms with Crippen molar-refractivity contribution in [2.24, 2.45) is 12.8 Å². The molecule has 0 bridgehead atoms. The van der Waals surface area contributed by atoms with Gasteiger partial charge in [0.25, 0.3) is 0 Å². The van der Waals surface area contributed by atoms with E-state index in [0.29, 0.717) is 18.1 Å². The highest BCUT2D eigenvalue weighted by Crippen LogP contribution is 2.32. The monoisotopic (exact) mass is 239 g/mol. The third-order valence-electron chi connectivity index (χ3n) is 3.33. The van der Waals surface area contributed by atoms with Gasteiger partial charge in [0.2, 0.25) is 5.82 Å². The molecule has 1 fully saturated rings. The number of hydrogen-bond donors (Lipinski definition) is 2. The van der Waals surface area contributed by atoms with Gasteiger partial charge in [0.15, 0.2) is 0 Å².